The largest absolute Gasteiger partial charge is 0.394 e. The Balaban J connectivity index is 3.08. The van der Waals surface area contributed by atoms with E-state index in [1.165, 1.54) is 12.3 Å². The number of nitro groups is 1. The molecule has 1 rings (SSSR count). The van der Waals surface area contributed by atoms with Crippen LogP contribution in [0.3, 0.4) is 0 Å². The Hall–Kier alpha value is -1.89. The van der Waals surface area contributed by atoms with Crippen molar-refractivity contribution >= 4 is 11.6 Å². The van der Waals surface area contributed by atoms with Gasteiger partial charge in [-0.25, -0.2) is 0 Å². The van der Waals surface area contributed by atoms with Gasteiger partial charge in [0, 0.05) is 12.6 Å². The number of hydrogen-bond donors (Lipinski definition) is 2. The van der Waals surface area contributed by atoms with Crippen LogP contribution in [0.1, 0.15) is 50.5 Å². The molecule has 21 heavy (non-hydrogen) atoms. The van der Waals surface area contributed by atoms with Gasteiger partial charge < -0.3 is 15.0 Å². The molecule has 0 bridgehead atoms. The maximum absolute atomic E-state index is 12.4. The number of hydrogen-bond acceptors (Lipinski definition) is 4. The molecular formula is C14H23N3O4. The molecule has 0 saturated heterocycles. The number of aliphatic hydroxyl groups is 1. The molecule has 2 N–H and O–H groups in total. The molecular weight excluding hydrogens is 274 g/mol. The molecule has 0 aliphatic rings. The van der Waals surface area contributed by atoms with Crippen molar-refractivity contribution in [2.75, 3.05) is 6.61 Å². The Bertz CT molecular complexity index is 498. The second kappa shape index (κ2) is 7.21. The van der Waals surface area contributed by atoms with Crippen LogP contribution in [-0.4, -0.2) is 32.6 Å². The molecule has 0 unspecified atom stereocenters. The topological polar surface area (TPSA) is 97.4 Å². The van der Waals surface area contributed by atoms with Crippen LogP contribution in [0.15, 0.2) is 12.3 Å². The van der Waals surface area contributed by atoms with Crippen molar-refractivity contribution in [3.63, 3.8) is 0 Å². The monoisotopic (exact) mass is 297 g/mol. The first-order valence-electron chi connectivity index (χ1n) is 7.21. The molecule has 1 aromatic heterocycles. The summed E-state index contributed by atoms with van der Waals surface area (Å²) < 4.78 is 1.58. The average molecular weight is 297 g/mol. The summed E-state index contributed by atoms with van der Waals surface area (Å²) in [6.45, 7) is 6.06. The number of aliphatic hydroxyl groups excluding tert-OH is 1. The van der Waals surface area contributed by atoms with Gasteiger partial charge in [0.05, 0.1) is 23.3 Å². The molecule has 7 heteroatoms. The standard InChI is InChI=1S/C14H23N3O4/c1-4-7-16-9-11(17(20)21)8-12(16)13(19)15-14(5-2,6-3)10-18/h8-9,18H,4-7,10H2,1-3H3,(H,15,19). The van der Waals surface area contributed by atoms with Crippen LogP contribution in [0.2, 0.25) is 0 Å². The van der Waals surface area contributed by atoms with E-state index in [1.54, 1.807) is 4.57 Å². The molecule has 0 atom stereocenters. The van der Waals surface area contributed by atoms with E-state index in [2.05, 4.69) is 5.32 Å². The summed E-state index contributed by atoms with van der Waals surface area (Å²) in [7, 11) is 0. The number of aryl methyl sites for hydroxylation is 1. The molecule has 7 nitrogen and oxygen atoms in total. The summed E-state index contributed by atoms with van der Waals surface area (Å²) in [6.07, 6.45) is 3.31. The minimum absolute atomic E-state index is 0.101. The third-order valence-corrected chi connectivity index (χ3v) is 3.83. The SMILES string of the molecule is CCCn1cc([N+](=O)[O-])cc1C(=O)NC(CC)(CC)CO. The number of amides is 1. The molecule has 1 aromatic rings. The van der Waals surface area contributed by atoms with Crippen LogP contribution in [0.5, 0.6) is 0 Å². The van der Waals surface area contributed by atoms with Crippen LogP contribution in [-0.2, 0) is 6.54 Å². The van der Waals surface area contributed by atoms with Crippen molar-refractivity contribution in [3.05, 3.63) is 28.1 Å². The minimum Gasteiger partial charge on any atom is -0.394 e. The Labute approximate surface area is 124 Å². The molecule has 0 fully saturated rings. The zero-order chi connectivity index (χ0) is 16.0. The highest BCUT2D eigenvalue weighted by Gasteiger charge is 2.29. The molecule has 0 radical (unpaired) electrons. The smallest absolute Gasteiger partial charge is 0.287 e. The van der Waals surface area contributed by atoms with E-state index in [0.717, 1.165) is 6.42 Å². The normalized spacial score (nSPS) is 11.4. The molecule has 0 aliphatic heterocycles. The lowest BCUT2D eigenvalue weighted by Gasteiger charge is -2.30. The van der Waals surface area contributed by atoms with Crippen molar-refractivity contribution < 1.29 is 14.8 Å². The number of aromatic nitrogens is 1. The molecule has 1 amide bonds. The van der Waals surface area contributed by atoms with E-state index in [4.69, 9.17) is 0 Å². The highest BCUT2D eigenvalue weighted by Crippen LogP contribution is 2.20. The lowest BCUT2D eigenvalue weighted by atomic mass is 9.93. The minimum atomic E-state index is -0.687. The molecule has 1 heterocycles. The van der Waals surface area contributed by atoms with Gasteiger partial charge in [0.1, 0.15) is 5.69 Å². The number of carbonyl (C=O) groups is 1. The van der Waals surface area contributed by atoms with Crippen molar-refractivity contribution in [2.24, 2.45) is 0 Å². The predicted octanol–water partition coefficient (Wildman–Crippen LogP) is 2.09. The van der Waals surface area contributed by atoms with Gasteiger partial charge in [-0.15, -0.1) is 0 Å². The van der Waals surface area contributed by atoms with Gasteiger partial charge in [-0.05, 0) is 19.3 Å². The fourth-order valence-corrected chi connectivity index (χ4v) is 2.21. The van der Waals surface area contributed by atoms with Crippen molar-refractivity contribution in [2.45, 2.75) is 52.1 Å². The maximum Gasteiger partial charge on any atom is 0.287 e. The summed E-state index contributed by atoms with van der Waals surface area (Å²) in [6, 6.07) is 1.28. The van der Waals surface area contributed by atoms with E-state index in [1.807, 2.05) is 20.8 Å². The van der Waals surface area contributed by atoms with E-state index in [9.17, 15) is 20.0 Å². The van der Waals surface area contributed by atoms with Gasteiger partial charge >= 0.3 is 0 Å². The number of nitrogens with one attached hydrogen (secondary N) is 1. The summed E-state index contributed by atoms with van der Waals surface area (Å²) >= 11 is 0. The second-order valence-corrected chi connectivity index (χ2v) is 5.13. The molecule has 0 aromatic carbocycles. The average Bonchev–Trinajstić information content (AvgIpc) is 2.89. The van der Waals surface area contributed by atoms with E-state index >= 15 is 0 Å². The summed E-state index contributed by atoms with van der Waals surface area (Å²) in [5.74, 6) is -0.394. The Morgan fingerprint density at radius 1 is 1.43 bits per heavy atom. The van der Waals surface area contributed by atoms with E-state index in [-0.39, 0.29) is 18.0 Å². The van der Waals surface area contributed by atoms with Gasteiger partial charge in [0.2, 0.25) is 0 Å². The fourth-order valence-electron chi connectivity index (χ4n) is 2.21. The van der Waals surface area contributed by atoms with Crippen molar-refractivity contribution in [1.29, 1.82) is 0 Å². The number of carbonyl (C=O) groups excluding carboxylic acids is 1. The summed E-state index contributed by atoms with van der Waals surface area (Å²) in [5.41, 5.74) is -0.535. The third-order valence-electron chi connectivity index (χ3n) is 3.83. The first-order valence-corrected chi connectivity index (χ1v) is 7.21. The molecule has 118 valence electrons. The Kier molecular flexibility index (Phi) is 5.90. The van der Waals surface area contributed by atoms with Crippen LogP contribution >= 0.6 is 0 Å². The highest BCUT2D eigenvalue weighted by atomic mass is 16.6. The van der Waals surface area contributed by atoms with Crippen LogP contribution in [0, 0.1) is 10.1 Å². The molecule has 0 aliphatic carbocycles. The van der Waals surface area contributed by atoms with Gasteiger partial charge in [-0.1, -0.05) is 20.8 Å². The van der Waals surface area contributed by atoms with Gasteiger partial charge in [-0.2, -0.15) is 0 Å². The van der Waals surface area contributed by atoms with E-state index < -0.39 is 16.4 Å². The lowest BCUT2D eigenvalue weighted by Crippen LogP contribution is -2.50. The van der Waals surface area contributed by atoms with E-state index in [0.29, 0.717) is 19.4 Å². The van der Waals surface area contributed by atoms with Gasteiger partial charge in [-0.3, -0.25) is 14.9 Å². The first-order chi connectivity index (χ1) is 9.92. The van der Waals surface area contributed by atoms with Crippen LogP contribution in [0.25, 0.3) is 0 Å². The Morgan fingerprint density at radius 2 is 2.05 bits per heavy atom. The summed E-state index contributed by atoms with van der Waals surface area (Å²) in [5, 5.41) is 23.2. The van der Waals surface area contributed by atoms with Crippen LogP contribution < -0.4 is 5.32 Å². The fraction of sp³-hybridized carbons (Fsp3) is 0.643. The lowest BCUT2D eigenvalue weighted by molar-refractivity contribution is -0.384. The predicted molar refractivity (Wildman–Crippen MR) is 79.2 cm³/mol. The number of nitrogens with zero attached hydrogens (tertiary/aromatic N) is 2. The zero-order valence-electron chi connectivity index (χ0n) is 12.8. The van der Waals surface area contributed by atoms with Gasteiger partial charge in [0.25, 0.3) is 11.6 Å². The number of rotatable bonds is 8. The Morgan fingerprint density at radius 3 is 2.48 bits per heavy atom. The maximum atomic E-state index is 12.4. The molecule has 0 saturated carbocycles. The summed E-state index contributed by atoms with van der Waals surface area (Å²) in [4.78, 5) is 22.8. The molecule has 0 spiro atoms. The van der Waals surface area contributed by atoms with Crippen molar-refractivity contribution in [1.82, 2.24) is 9.88 Å². The zero-order valence-corrected chi connectivity index (χ0v) is 12.8. The van der Waals surface area contributed by atoms with Crippen molar-refractivity contribution in [3.8, 4) is 0 Å². The second-order valence-electron chi connectivity index (χ2n) is 5.13. The van der Waals surface area contributed by atoms with Gasteiger partial charge in [0.15, 0.2) is 0 Å². The first kappa shape index (κ1) is 17.2. The highest BCUT2D eigenvalue weighted by molar-refractivity contribution is 5.94. The quantitative estimate of drug-likeness (QED) is 0.567. The third kappa shape index (κ3) is 3.81. The van der Waals surface area contributed by atoms with Crippen LogP contribution in [0.4, 0.5) is 5.69 Å².